The summed E-state index contributed by atoms with van der Waals surface area (Å²) in [5.41, 5.74) is 4.69. The number of carboxylic acid groups (broad SMARTS) is 1. The van der Waals surface area contributed by atoms with E-state index in [9.17, 15) is 13.6 Å². The number of rotatable bonds is 3. The molecule has 0 saturated heterocycles. The molecule has 0 bridgehead atoms. The normalized spacial score (nSPS) is 11.8. The van der Waals surface area contributed by atoms with Crippen molar-refractivity contribution in [2.45, 2.75) is 12.5 Å². The summed E-state index contributed by atoms with van der Waals surface area (Å²) in [4.78, 5) is 10.4. The minimum absolute atomic E-state index is 0. The Kier molecular flexibility index (Phi) is 5.80. The maximum Gasteiger partial charge on any atom is 0.320 e. The molecule has 1 atom stereocenters. The predicted molar refractivity (Wildman–Crippen MR) is 62.3 cm³/mol. The number of carbonyl (C=O) groups is 1. The molecule has 0 aliphatic rings. The minimum Gasteiger partial charge on any atom is -0.507 e. The highest BCUT2D eigenvalue weighted by Crippen LogP contribution is 2.31. The van der Waals surface area contributed by atoms with Crippen LogP contribution in [-0.4, -0.2) is 22.2 Å². The van der Waals surface area contributed by atoms with Gasteiger partial charge in [0.2, 0.25) is 0 Å². The van der Waals surface area contributed by atoms with Gasteiger partial charge < -0.3 is 15.9 Å². The van der Waals surface area contributed by atoms with Crippen LogP contribution in [0.5, 0.6) is 5.75 Å². The molecule has 4 N–H and O–H groups in total. The Morgan fingerprint density at radius 2 is 2.06 bits per heavy atom. The van der Waals surface area contributed by atoms with Crippen LogP contribution >= 0.6 is 28.3 Å². The van der Waals surface area contributed by atoms with Crippen molar-refractivity contribution < 1.29 is 23.8 Å². The first-order valence-electron chi connectivity index (χ1n) is 4.18. The molecule has 0 aromatic heterocycles. The van der Waals surface area contributed by atoms with Crippen LogP contribution < -0.4 is 5.73 Å². The van der Waals surface area contributed by atoms with Gasteiger partial charge in [-0.05, 0) is 15.9 Å². The lowest BCUT2D eigenvalue weighted by Crippen LogP contribution is -2.33. The van der Waals surface area contributed by atoms with Gasteiger partial charge in [0, 0.05) is 18.1 Å². The molecule has 8 heteroatoms. The summed E-state index contributed by atoms with van der Waals surface area (Å²) in [6, 6.07) is -0.711. The van der Waals surface area contributed by atoms with Gasteiger partial charge in [0.1, 0.15) is 23.4 Å². The maximum atomic E-state index is 13.5. The van der Waals surface area contributed by atoms with E-state index in [1.807, 2.05) is 0 Å². The van der Waals surface area contributed by atoms with Gasteiger partial charge in [-0.3, -0.25) is 4.79 Å². The van der Waals surface area contributed by atoms with Gasteiger partial charge in [-0.15, -0.1) is 12.4 Å². The monoisotopic (exact) mass is 331 g/mol. The number of nitrogens with two attached hydrogens (primary N) is 1. The second-order valence-electron chi connectivity index (χ2n) is 3.13. The van der Waals surface area contributed by atoms with E-state index in [2.05, 4.69) is 15.9 Å². The van der Waals surface area contributed by atoms with E-state index in [1.165, 1.54) is 0 Å². The first-order chi connectivity index (χ1) is 7.34. The Balaban J connectivity index is 0.00000256. The average molecular weight is 333 g/mol. The van der Waals surface area contributed by atoms with E-state index in [4.69, 9.17) is 15.9 Å². The SMILES string of the molecule is Cl.NC(Cc1c(F)cc(O)c(Br)c1F)C(=O)O. The van der Waals surface area contributed by atoms with Gasteiger partial charge in [-0.2, -0.15) is 0 Å². The molecule has 0 aliphatic carbocycles. The molecule has 0 fully saturated rings. The van der Waals surface area contributed by atoms with E-state index < -0.39 is 41.4 Å². The predicted octanol–water partition coefficient (Wildman–Crippen LogP) is 1.81. The van der Waals surface area contributed by atoms with Gasteiger partial charge in [0.15, 0.2) is 0 Å². The quantitative estimate of drug-likeness (QED) is 0.737. The Hall–Kier alpha value is -0.920. The van der Waals surface area contributed by atoms with Gasteiger partial charge in [-0.25, -0.2) is 8.78 Å². The fraction of sp³-hybridized carbons (Fsp3) is 0.222. The van der Waals surface area contributed by atoms with Gasteiger partial charge in [0.25, 0.3) is 0 Å². The first-order valence-corrected chi connectivity index (χ1v) is 4.97. The van der Waals surface area contributed by atoms with Crippen molar-refractivity contribution in [1.82, 2.24) is 0 Å². The number of aliphatic carboxylic acids is 1. The van der Waals surface area contributed by atoms with Crippen LogP contribution in [0, 0.1) is 11.6 Å². The summed E-state index contributed by atoms with van der Waals surface area (Å²) in [6.07, 6.45) is -0.494. The molecule has 0 radical (unpaired) electrons. The highest BCUT2D eigenvalue weighted by atomic mass is 79.9. The number of carboxylic acids is 1. The molecule has 1 aromatic carbocycles. The largest absolute Gasteiger partial charge is 0.507 e. The van der Waals surface area contributed by atoms with Crippen molar-refractivity contribution in [1.29, 1.82) is 0 Å². The Labute approximate surface area is 110 Å². The highest BCUT2D eigenvalue weighted by Gasteiger charge is 2.21. The number of halogens is 4. The third-order valence-corrected chi connectivity index (χ3v) is 2.73. The lowest BCUT2D eigenvalue weighted by Gasteiger charge is -2.10. The Bertz CT molecular complexity index is 445. The van der Waals surface area contributed by atoms with Crippen LogP contribution in [0.25, 0.3) is 0 Å². The summed E-state index contributed by atoms with van der Waals surface area (Å²) in [7, 11) is 0. The Morgan fingerprint density at radius 3 is 2.53 bits per heavy atom. The topological polar surface area (TPSA) is 83.5 Å². The van der Waals surface area contributed by atoms with Crippen molar-refractivity contribution in [3.05, 3.63) is 27.7 Å². The van der Waals surface area contributed by atoms with Crippen LogP contribution in [0.3, 0.4) is 0 Å². The molecule has 4 nitrogen and oxygen atoms in total. The Morgan fingerprint density at radius 1 is 1.53 bits per heavy atom. The summed E-state index contributed by atoms with van der Waals surface area (Å²) < 4.78 is 26.4. The number of phenolic OH excluding ortho intramolecular Hbond substituents is 1. The zero-order valence-electron chi connectivity index (χ0n) is 8.28. The van der Waals surface area contributed by atoms with Gasteiger partial charge >= 0.3 is 5.97 Å². The fourth-order valence-corrected chi connectivity index (χ4v) is 1.47. The zero-order valence-corrected chi connectivity index (χ0v) is 10.7. The van der Waals surface area contributed by atoms with Crippen molar-refractivity contribution >= 4 is 34.3 Å². The van der Waals surface area contributed by atoms with Crippen LogP contribution in [-0.2, 0) is 11.2 Å². The van der Waals surface area contributed by atoms with Crippen LogP contribution in [0.4, 0.5) is 8.78 Å². The standard InChI is InChI=1S/C9H8BrF2NO3.ClH/c10-7-6(14)2-4(11)3(8(7)12)1-5(13)9(15)16;/h2,5,14H,1,13H2,(H,15,16);1H. The molecule has 0 aliphatic heterocycles. The smallest absolute Gasteiger partial charge is 0.320 e. The van der Waals surface area contributed by atoms with Gasteiger partial charge in [-0.1, -0.05) is 0 Å². The molecule has 0 amide bonds. The molecule has 0 spiro atoms. The fourth-order valence-electron chi connectivity index (χ4n) is 1.11. The average Bonchev–Trinajstić information content (AvgIpc) is 2.20. The zero-order chi connectivity index (χ0) is 12.5. The van der Waals surface area contributed by atoms with Crippen molar-refractivity contribution in [2.75, 3.05) is 0 Å². The third kappa shape index (κ3) is 3.52. The molecule has 1 unspecified atom stereocenters. The second kappa shape index (κ2) is 6.13. The highest BCUT2D eigenvalue weighted by molar-refractivity contribution is 9.10. The summed E-state index contributed by atoms with van der Waals surface area (Å²) in [5, 5.41) is 17.6. The molecular weight excluding hydrogens is 323 g/mol. The molecule has 17 heavy (non-hydrogen) atoms. The van der Waals surface area contributed by atoms with Crippen LogP contribution in [0.2, 0.25) is 0 Å². The lowest BCUT2D eigenvalue weighted by molar-refractivity contribution is -0.138. The van der Waals surface area contributed by atoms with E-state index in [0.717, 1.165) is 0 Å². The number of hydrogen-bond acceptors (Lipinski definition) is 3. The molecule has 0 saturated carbocycles. The first kappa shape index (κ1) is 16.1. The maximum absolute atomic E-state index is 13.5. The van der Waals surface area contributed by atoms with Gasteiger partial charge in [0.05, 0.1) is 4.47 Å². The number of benzene rings is 1. The van der Waals surface area contributed by atoms with E-state index in [-0.39, 0.29) is 16.9 Å². The van der Waals surface area contributed by atoms with Crippen LogP contribution in [0.15, 0.2) is 10.5 Å². The van der Waals surface area contributed by atoms with E-state index >= 15 is 0 Å². The van der Waals surface area contributed by atoms with Crippen molar-refractivity contribution in [3.8, 4) is 5.75 Å². The lowest BCUT2D eigenvalue weighted by atomic mass is 10.1. The molecule has 1 rings (SSSR count). The second-order valence-corrected chi connectivity index (χ2v) is 3.93. The number of phenols is 1. The molecule has 1 aromatic rings. The third-order valence-electron chi connectivity index (χ3n) is 1.98. The molecule has 96 valence electrons. The van der Waals surface area contributed by atoms with Crippen molar-refractivity contribution in [3.63, 3.8) is 0 Å². The van der Waals surface area contributed by atoms with E-state index in [0.29, 0.717) is 6.07 Å². The minimum atomic E-state index is -1.40. The summed E-state index contributed by atoms with van der Waals surface area (Å²) in [6.45, 7) is 0. The number of aromatic hydroxyl groups is 1. The molecule has 0 heterocycles. The number of hydrogen-bond donors (Lipinski definition) is 3. The van der Waals surface area contributed by atoms with Crippen molar-refractivity contribution in [2.24, 2.45) is 5.73 Å². The van der Waals surface area contributed by atoms with Crippen LogP contribution in [0.1, 0.15) is 5.56 Å². The summed E-state index contributed by atoms with van der Waals surface area (Å²) >= 11 is 2.71. The summed E-state index contributed by atoms with van der Waals surface area (Å²) in [5.74, 6) is -4.03. The van der Waals surface area contributed by atoms with E-state index in [1.54, 1.807) is 0 Å². The molecular formula is C9H9BrClF2NO3.